The summed E-state index contributed by atoms with van der Waals surface area (Å²) in [5, 5.41) is 4.34. The van der Waals surface area contributed by atoms with Crippen molar-refractivity contribution in [3.63, 3.8) is 0 Å². The third kappa shape index (κ3) is 2.51. The van der Waals surface area contributed by atoms with Gasteiger partial charge >= 0.3 is 0 Å². The molecule has 0 spiro atoms. The monoisotopic (exact) mass is 327 g/mol. The summed E-state index contributed by atoms with van der Waals surface area (Å²) in [6.45, 7) is 2.89. The third-order valence-electron chi connectivity index (χ3n) is 3.03. The van der Waals surface area contributed by atoms with Crippen LogP contribution in [0.15, 0.2) is 53.0 Å². The number of nitrogens with one attached hydrogen (secondary N) is 1. The quantitative estimate of drug-likeness (QED) is 0.770. The van der Waals surface area contributed by atoms with Gasteiger partial charge in [0.2, 0.25) is 0 Å². The molecule has 0 aliphatic rings. The topological polar surface area (TPSA) is 37.8 Å². The number of nitrogens with zero attached hydrogens (tertiary/aromatic N) is 2. The van der Waals surface area contributed by atoms with Crippen molar-refractivity contribution in [1.29, 1.82) is 0 Å². The van der Waals surface area contributed by atoms with Crippen LogP contribution in [0.25, 0.3) is 22.3 Å². The molecule has 3 rings (SSSR count). The molecule has 3 aromatic rings. The summed E-state index contributed by atoms with van der Waals surface area (Å²) >= 11 is 3.50. The number of hydrogen-bond donors (Lipinski definition) is 1. The number of anilines is 1. The zero-order valence-electron chi connectivity index (χ0n) is 11.1. The van der Waals surface area contributed by atoms with E-state index in [9.17, 15) is 0 Å². The molecule has 1 heterocycles. The Labute approximate surface area is 126 Å². The van der Waals surface area contributed by atoms with Gasteiger partial charge in [-0.2, -0.15) is 0 Å². The minimum absolute atomic E-state index is 0.747. The minimum atomic E-state index is 0.747. The van der Waals surface area contributed by atoms with Gasteiger partial charge in [-0.25, -0.2) is 9.97 Å². The van der Waals surface area contributed by atoms with E-state index in [0.717, 1.165) is 39.1 Å². The second-order valence-electron chi connectivity index (χ2n) is 4.45. The molecular formula is C16H14BrN3. The molecule has 0 saturated carbocycles. The van der Waals surface area contributed by atoms with E-state index in [1.165, 1.54) is 0 Å². The first-order chi connectivity index (χ1) is 9.78. The van der Waals surface area contributed by atoms with Gasteiger partial charge in [-0.1, -0.05) is 46.3 Å². The van der Waals surface area contributed by atoms with Gasteiger partial charge in [-0.05, 0) is 25.1 Å². The predicted molar refractivity (Wildman–Crippen MR) is 86.8 cm³/mol. The summed E-state index contributed by atoms with van der Waals surface area (Å²) in [6.07, 6.45) is 0. The molecule has 0 saturated heterocycles. The Hall–Kier alpha value is -1.94. The van der Waals surface area contributed by atoms with Crippen molar-refractivity contribution in [2.75, 3.05) is 11.9 Å². The molecule has 0 aliphatic heterocycles. The molecule has 20 heavy (non-hydrogen) atoms. The standard InChI is InChI=1S/C16H14BrN3/c1-2-18-16-13-10-12(17)8-9-14(13)19-15(20-16)11-6-4-3-5-7-11/h3-10H,2H2,1H3,(H,18,19,20). The maximum absolute atomic E-state index is 4.66. The lowest BCUT2D eigenvalue weighted by atomic mass is 10.2. The molecule has 100 valence electrons. The van der Waals surface area contributed by atoms with Crippen molar-refractivity contribution in [2.45, 2.75) is 6.92 Å². The van der Waals surface area contributed by atoms with Crippen LogP contribution in [0, 0.1) is 0 Å². The first-order valence-corrected chi connectivity index (χ1v) is 7.34. The Bertz CT molecular complexity index is 741. The number of hydrogen-bond acceptors (Lipinski definition) is 3. The number of rotatable bonds is 3. The summed E-state index contributed by atoms with van der Waals surface area (Å²) in [4.78, 5) is 9.32. The molecule has 4 heteroatoms. The molecule has 2 aromatic carbocycles. The molecule has 1 N–H and O–H groups in total. The molecule has 1 aromatic heterocycles. The van der Waals surface area contributed by atoms with Gasteiger partial charge in [0.25, 0.3) is 0 Å². The Morgan fingerprint density at radius 2 is 1.85 bits per heavy atom. The average Bonchev–Trinajstić information content (AvgIpc) is 2.49. The highest BCUT2D eigenvalue weighted by molar-refractivity contribution is 9.10. The Morgan fingerprint density at radius 1 is 1.05 bits per heavy atom. The number of benzene rings is 2. The van der Waals surface area contributed by atoms with Gasteiger partial charge in [0, 0.05) is 22.0 Å². The Kier molecular flexibility index (Phi) is 3.65. The summed E-state index contributed by atoms with van der Waals surface area (Å²) < 4.78 is 1.03. The van der Waals surface area contributed by atoms with Gasteiger partial charge in [0.15, 0.2) is 5.82 Å². The second kappa shape index (κ2) is 5.59. The van der Waals surface area contributed by atoms with E-state index in [1.54, 1.807) is 0 Å². The maximum atomic E-state index is 4.66. The van der Waals surface area contributed by atoms with Crippen LogP contribution in [0.4, 0.5) is 5.82 Å². The number of aromatic nitrogens is 2. The molecule has 0 unspecified atom stereocenters. The van der Waals surface area contributed by atoms with Crippen LogP contribution < -0.4 is 5.32 Å². The highest BCUT2D eigenvalue weighted by atomic mass is 79.9. The van der Waals surface area contributed by atoms with Crippen LogP contribution in [0.1, 0.15) is 6.92 Å². The summed E-state index contributed by atoms with van der Waals surface area (Å²) in [6, 6.07) is 16.1. The first kappa shape index (κ1) is 13.1. The van der Waals surface area contributed by atoms with Crippen molar-refractivity contribution >= 4 is 32.7 Å². The van der Waals surface area contributed by atoms with Gasteiger partial charge in [-0.3, -0.25) is 0 Å². The van der Waals surface area contributed by atoms with E-state index >= 15 is 0 Å². The second-order valence-corrected chi connectivity index (χ2v) is 5.37. The van der Waals surface area contributed by atoms with E-state index in [2.05, 4.69) is 38.1 Å². The molecule has 0 radical (unpaired) electrons. The molecular weight excluding hydrogens is 314 g/mol. The van der Waals surface area contributed by atoms with Crippen LogP contribution in [0.2, 0.25) is 0 Å². The van der Waals surface area contributed by atoms with Crippen LogP contribution in [-0.4, -0.2) is 16.5 Å². The maximum Gasteiger partial charge on any atom is 0.162 e. The van der Waals surface area contributed by atoms with Gasteiger partial charge in [0.05, 0.1) is 5.52 Å². The lowest BCUT2D eigenvalue weighted by molar-refractivity contribution is 1.14. The lowest BCUT2D eigenvalue weighted by Crippen LogP contribution is -2.03. The zero-order valence-corrected chi connectivity index (χ0v) is 12.7. The fourth-order valence-corrected chi connectivity index (χ4v) is 2.48. The Morgan fingerprint density at radius 3 is 2.60 bits per heavy atom. The highest BCUT2D eigenvalue weighted by Crippen LogP contribution is 2.27. The van der Waals surface area contributed by atoms with Gasteiger partial charge in [0.1, 0.15) is 5.82 Å². The molecule has 3 nitrogen and oxygen atoms in total. The number of halogens is 1. The van der Waals surface area contributed by atoms with E-state index in [4.69, 9.17) is 0 Å². The summed E-state index contributed by atoms with van der Waals surface area (Å²) in [5.41, 5.74) is 1.97. The number of fused-ring (bicyclic) bond motifs is 1. The first-order valence-electron chi connectivity index (χ1n) is 6.54. The van der Waals surface area contributed by atoms with Crippen LogP contribution in [0.3, 0.4) is 0 Å². The molecule has 0 bridgehead atoms. The average molecular weight is 328 g/mol. The van der Waals surface area contributed by atoms with Crippen molar-refractivity contribution in [2.24, 2.45) is 0 Å². The van der Waals surface area contributed by atoms with Gasteiger partial charge < -0.3 is 5.32 Å². The van der Waals surface area contributed by atoms with E-state index in [1.807, 2.05) is 48.5 Å². The van der Waals surface area contributed by atoms with Crippen LogP contribution in [0.5, 0.6) is 0 Å². The van der Waals surface area contributed by atoms with E-state index in [-0.39, 0.29) is 0 Å². The molecule has 0 aliphatic carbocycles. The summed E-state index contributed by atoms with van der Waals surface area (Å²) in [7, 11) is 0. The molecule has 0 amide bonds. The SMILES string of the molecule is CCNc1nc(-c2ccccc2)nc2ccc(Br)cc12. The van der Waals surface area contributed by atoms with Crippen molar-refractivity contribution in [1.82, 2.24) is 9.97 Å². The minimum Gasteiger partial charge on any atom is -0.370 e. The smallest absolute Gasteiger partial charge is 0.162 e. The van der Waals surface area contributed by atoms with Gasteiger partial charge in [-0.15, -0.1) is 0 Å². The van der Waals surface area contributed by atoms with Crippen LogP contribution in [-0.2, 0) is 0 Å². The van der Waals surface area contributed by atoms with Crippen molar-refractivity contribution in [3.8, 4) is 11.4 Å². The fraction of sp³-hybridized carbons (Fsp3) is 0.125. The fourth-order valence-electron chi connectivity index (χ4n) is 2.12. The van der Waals surface area contributed by atoms with Crippen molar-refractivity contribution in [3.05, 3.63) is 53.0 Å². The Balaban J connectivity index is 2.23. The molecule has 0 fully saturated rings. The molecule has 0 atom stereocenters. The zero-order chi connectivity index (χ0) is 13.9. The van der Waals surface area contributed by atoms with E-state index < -0.39 is 0 Å². The van der Waals surface area contributed by atoms with Crippen molar-refractivity contribution < 1.29 is 0 Å². The summed E-state index contributed by atoms with van der Waals surface area (Å²) in [5.74, 6) is 1.62. The lowest BCUT2D eigenvalue weighted by Gasteiger charge is -2.10. The largest absolute Gasteiger partial charge is 0.370 e. The normalized spacial score (nSPS) is 10.7. The predicted octanol–water partition coefficient (Wildman–Crippen LogP) is 4.49. The highest BCUT2D eigenvalue weighted by Gasteiger charge is 2.09. The van der Waals surface area contributed by atoms with Crippen LogP contribution >= 0.6 is 15.9 Å². The van der Waals surface area contributed by atoms with E-state index in [0.29, 0.717) is 0 Å². The third-order valence-corrected chi connectivity index (χ3v) is 3.53.